The fraction of sp³-hybridized carbons (Fsp3) is 0.304. The second-order valence-electron chi connectivity index (χ2n) is 6.55. The van der Waals surface area contributed by atoms with Gasteiger partial charge in [-0.2, -0.15) is 5.26 Å². The molecule has 1 N–H and O–H groups in total. The zero-order valence-corrected chi connectivity index (χ0v) is 16.8. The predicted molar refractivity (Wildman–Crippen MR) is 112 cm³/mol. The van der Waals surface area contributed by atoms with Crippen molar-refractivity contribution < 1.29 is 14.3 Å². The Hall–Kier alpha value is -3.26. The van der Waals surface area contributed by atoms with Crippen LogP contribution in [0.5, 0.6) is 11.5 Å². The van der Waals surface area contributed by atoms with Crippen LogP contribution in [0.1, 0.15) is 36.5 Å². The number of nitrogens with one attached hydrogen (secondary N) is 1. The minimum Gasteiger partial charge on any atom is -0.493 e. The lowest BCUT2D eigenvalue weighted by molar-refractivity contribution is -0.112. The molecule has 28 heavy (non-hydrogen) atoms. The summed E-state index contributed by atoms with van der Waals surface area (Å²) in [4.78, 5) is 12.5. The first-order valence-corrected chi connectivity index (χ1v) is 9.29. The van der Waals surface area contributed by atoms with Crippen LogP contribution in [0.15, 0.2) is 42.0 Å². The Kier molecular flexibility index (Phi) is 7.65. The summed E-state index contributed by atoms with van der Waals surface area (Å²) in [6.45, 7) is 6.62. The van der Waals surface area contributed by atoms with Gasteiger partial charge >= 0.3 is 0 Å². The van der Waals surface area contributed by atoms with Crippen molar-refractivity contribution in [3.05, 3.63) is 58.7 Å². The molecule has 146 valence electrons. The van der Waals surface area contributed by atoms with Gasteiger partial charge in [-0.15, -0.1) is 0 Å². The quantitative estimate of drug-likeness (QED) is 0.397. The Bertz CT molecular complexity index is 911. The smallest absolute Gasteiger partial charge is 0.266 e. The molecule has 0 spiro atoms. The van der Waals surface area contributed by atoms with Crippen LogP contribution >= 0.6 is 0 Å². The number of nitrogens with zero attached hydrogens (tertiary/aromatic N) is 1. The van der Waals surface area contributed by atoms with E-state index >= 15 is 0 Å². The van der Waals surface area contributed by atoms with Crippen molar-refractivity contribution in [2.24, 2.45) is 0 Å². The third-order valence-electron chi connectivity index (χ3n) is 4.25. The molecule has 0 unspecified atom stereocenters. The molecule has 0 aliphatic heterocycles. The lowest BCUT2D eigenvalue weighted by atomic mass is 10.1. The molecule has 0 aromatic heterocycles. The lowest BCUT2D eigenvalue weighted by Gasteiger charge is -2.11. The molecule has 0 aliphatic rings. The van der Waals surface area contributed by atoms with E-state index in [-0.39, 0.29) is 5.57 Å². The lowest BCUT2D eigenvalue weighted by Crippen LogP contribution is -2.14. The molecule has 0 radical (unpaired) electrons. The van der Waals surface area contributed by atoms with Crippen LogP contribution in [-0.2, 0) is 4.79 Å². The monoisotopic (exact) mass is 378 g/mol. The fourth-order valence-electron chi connectivity index (χ4n) is 2.68. The number of hydrogen-bond acceptors (Lipinski definition) is 4. The van der Waals surface area contributed by atoms with Gasteiger partial charge in [0.2, 0.25) is 0 Å². The molecule has 0 atom stereocenters. The number of anilines is 1. The second-order valence-corrected chi connectivity index (χ2v) is 6.55. The SMILES string of the molecule is CCCCOc1ccc(C=C(C#N)C(=O)Nc2ccc(C)cc2C)cc1OC. The minimum absolute atomic E-state index is 0.0154. The normalized spacial score (nSPS) is 10.9. The number of carbonyl (C=O) groups excluding carboxylic acids is 1. The molecule has 0 bridgehead atoms. The van der Waals surface area contributed by atoms with E-state index in [0.29, 0.717) is 29.4 Å². The first-order valence-electron chi connectivity index (χ1n) is 9.29. The highest BCUT2D eigenvalue weighted by Gasteiger charge is 2.12. The number of aryl methyl sites for hydroxylation is 2. The van der Waals surface area contributed by atoms with Crippen LogP contribution in [0.25, 0.3) is 6.08 Å². The minimum atomic E-state index is -0.448. The van der Waals surface area contributed by atoms with Crippen molar-refractivity contribution in [1.82, 2.24) is 0 Å². The molecule has 2 aromatic carbocycles. The number of ether oxygens (including phenoxy) is 2. The molecule has 0 heterocycles. The zero-order valence-electron chi connectivity index (χ0n) is 16.8. The van der Waals surface area contributed by atoms with Gasteiger partial charge in [-0.05, 0) is 55.7 Å². The molecular weight excluding hydrogens is 352 g/mol. The van der Waals surface area contributed by atoms with Crippen LogP contribution in [0.3, 0.4) is 0 Å². The van der Waals surface area contributed by atoms with Crippen molar-refractivity contribution in [3.63, 3.8) is 0 Å². The Morgan fingerprint density at radius 2 is 1.96 bits per heavy atom. The molecule has 2 rings (SSSR count). The van der Waals surface area contributed by atoms with Gasteiger partial charge in [0, 0.05) is 5.69 Å². The summed E-state index contributed by atoms with van der Waals surface area (Å²) in [6.07, 6.45) is 3.55. The molecule has 5 heteroatoms. The summed E-state index contributed by atoms with van der Waals surface area (Å²) >= 11 is 0. The van der Waals surface area contributed by atoms with Crippen LogP contribution in [-0.4, -0.2) is 19.6 Å². The van der Waals surface area contributed by atoms with Crippen molar-refractivity contribution in [2.75, 3.05) is 19.0 Å². The molecule has 1 amide bonds. The highest BCUT2D eigenvalue weighted by atomic mass is 16.5. The van der Waals surface area contributed by atoms with E-state index in [2.05, 4.69) is 12.2 Å². The van der Waals surface area contributed by atoms with Crippen molar-refractivity contribution >= 4 is 17.7 Å². The number of benzene rings is 2. The van der Waals surface area contributed by atoms with Gasteiger partial charge in [0.05, 0.1) is 13.7 Å². The maximum Gasteiger partial charge on any atom is 0.266 e. The summed E-state index contributed by atoms with van der Waals surface area (Å²) in [7, 11) is 1.56. The van der Waals surface area contributed by atoms with Crippen molar-refractivity contribution in [1.29, 1.82) is 5.26 Å². The van der Waals surface area contributed by atoms with E-state index in [0.717, 1.165) is 24.0 Å². The maximum absolute atomic E-state index is 12.5. The summed E-state index contributed by atoms with van der Waals surface area (Å²) in [6, 6.07) is 13.0. The first-order chi connectivity index (χ1) is 13.5. The fourth-order valence-corrected chi connectivity index (χ4v) is 2.68. The molecule has 0 aliphatic carbocycles. The van der Waals surface area contributed by atoms with Gasteiger partial charge in [-0.3, -0.25) is 4.79 Å². The van der Waals surface area contributed by atoms with Gasteiger partial charge in [0.15, 0.2) is 11.5 Å². The van der Waals surface area contributed by atoms with E-state index in [1.54, 1.807) is 25.3 Å². The summed E-state index contributed by atoms with van der Waals surface area (Å²) in [5.41, 5.74) is 3.45. The van der Waals surface area contributed by atoms with E-state index in [1.165, 1.54) is 6.08 Å². The van der Waals surface area contributed by atoms with Crippen molar-refractivity contribution in [3.8, 4) is 17.6 Å². The van der Waals surface area contributed by atoms with E-state index in [1.807, 2.05) is 38.1 Å². The number of rotatable bonds is 8. The van der Waals surface area contributed by atoms with Gasteiger partial charge in [0.25, 0.3) is 5.91 Å². The Balaban J connectivity index is 2.20. The third-order valence-corrected chi connectivity index (χ3v) is 4.25. The molecule has 0 saturated carbocycles. The van der Waals surface area contributed by atoms with Crippen LogP contribution in [0.4, 0.5) is 5.69 Å². The number of carbonyl (C=O) groups is 1. The highest BCUT2D eigenvalue weighted by Crippen LogP contribution is 2.29. The average molecular weight is 378 g/mol. The standard InChI is InChI=1S/C23H26N2O3/c1-5-6-11-28-21-10-8-18(14-22(21)27-4)13-19(15-24)23(26)25-20-9-7-16(2)12-17(20)3/h7-10,12-14H,5-6,11H2,1-4H3,(H,25,26). The number of amides is 1. The number of methoxy groups -OCH3 is 1. The summed E-state index contributed by atoms with van der Waals surface area (Å²) in [5, 5.41) is 12.2. The van der Waals surface area contributed by atoms with Gasteiger partial charge in [-0.1, -0.05) is 37.1 Å². The summed E-state index contributed by atoms with van der Waals surface area (Å²) in [5.74, 6) is 0.764. The molecule has 0 fully saturated rings. The third kappa shape index (κ3) is 5.62. The van der Waals surface area contributed by atoms with Crippen LogP contribution in [0, 0.1) is 25.2 Å². The topological polar surface area (TPSA) is 71.3 Å². The largest absolute Gasteiger partial charge is 0.493 e. The molecule has 5 nitrogen and oxygen atoms in total. The molecular formula is C23H26N2O3. The van der Waals surface area contributed by atoms with E-state index in [9.17, 15) is 10.1 Å². The molecule has 2 aromatic rings. The number of hydrogen-bond donors (Lipinski definition) is 1. The highest BCUT2D eigenvalue weighted by molar-refractivity contribution is 6.10. The maximum atomic E-state index is 12.5. The summed E-state index contributed by atoms with van der Waals surface area (Å²) < 4.78 is 11.1. The van der Waals surface area contributed by atoms with Crippen molar-refractivity contribution in [2.45, 2.75) is 33.6 Å². The number of nitriles is 1. The van der Waals surface area contributed by atoms with Gasteiger partial charge in [-0.25, -0.2) is 0 Å². The van der Waals surface area contributed by atoms with Crippen LogP contribution in [0.2, 0.25) is 0 Å². The van der Waals surface area contributed by atoms with E-state index < -0.39 is 5.91 Å². The first kappa shape index (κ1) is 21.0. The Labute approximate surface area is 166 Å². The van der Waals surface area contributed by atoms with Crippen LogP contribution < -0.4 is 14.8 Å². The van der Waals surface area contributed by atoms with Gasteiger partial charge in [0.1, 0.15) is 11.6 Å². The Morgan fingerprint density at radius 3 is 2.61 bits per heavy atom. The predicted octanol–water partition coefficient (Wildman–Crippen LogP) is 5.04. The van der Waals surface area contributed by atoms with Gasteiger partial charge < -0.3 is 14.8 Å². The van der Waals surface area contributed by atoms with E-state index in [4.69, 9.17) is 9.47 Å². The second kappa shape index (κ2) is 10.2. The molecule has 0 saturated heterocycles. The Morgan fingerprint density at radius 1 is 1.18 bits per heavy atom. The average Bonchev–Trinajstić information content (AvgIpc) is 2.69. The zero-order chi connectivity index (χ0) is 20.5. The number of unbranched alkanes of at least 4 members (excludes halogenated alkanes) is 1.